The highest BCUT2D eigenvalue weighted by Gasteiger charge is 2.18. The Labute approximate surface area is 137 Å². The molecule has 0 saturated heterocycles. The second-order valence-corrected chi connectivity index (χ2v) is 5.30. The van der Waals surface area contributed by atoms with Gasteiger partial charge in [-0.05, 0) is 48.9 Å². The highest BCUT2D eigenvalue weighted by molar-refractivity contribution is 5.83. The molecule has 0 fully saturated rings. The van der Waals surface area contributed by atoms with Crippen LogP contribution in [0.4, 0.5) is 4.39 Å². The van der Waals surface area contributed by atoms with Crippen molar-refractivity contribution in [2.24, 2.45) is 0 Å². The molecule has 0 spiro atoms. The zero-order valence-corrected chi connectivity index (χ0v) is 13.0. The summed E-state index contributed by atoms with van der Waals surface area (Å²) >= 11 is 0. The predicted octanol–water partition coefficient (Wildman–Crippen LogP) is 2.42. The molecule has 1 unspecified atom stereocenters. The van der Waals surface area contributed by atoms with Gasteiger partial charge in [0.1, 0.15) is 17.4 Å². The number of rotatable bonds is 5. The van der Waals surface area contributed by atoms with E-state index >= 15 is 0 Å². The number of benzene rings is 2. The van der Waals surface area contributed by atoms with Crippen LogP contribution in [0.3, 0.4) is 0 Å². The maximum atomic E-state index is 12.9. The first-order valence-electron chi connectivity index (χ1n) is 7.37. The lowest BCUT2D eigenvalue weighted by atomic mass is 10.2. The number of hydrogen-bond acceptors (Lipinski definition) is 4. The summed E-state index contributed by atoms with van der Waals surface area (Å²) in [4.78, 5) is 12.3. The highest BCUT2D eigenvalue weighted by Crippen LogP contribution is 2.15. The molecule has 24 heavy (non-hydrogen) atoms. The molecular weight excluding hydrogens is 309 g/mol. The quantitative estimate of drug-likeness (QED) is 0.707. The van der Waals surface area contributed by atoms with E-state index in [0.717, 1.165) is 11.0 Å². The topological polar surface area (TPSA) is 71.8 Å². The summed E-state index contributed by atoms with van der Waals surface area (Å²) in [6.07, 6.45) is 0. The van der Waals surface area contributed by atoms with Gasteiger partial charge in [0, 0.05) is 0 Å². The van der Waals surface area contributed by atoms with E-state index in [4.69, 9.17) is 0 Å². The molecule has 7 heteroatoms. The van der Waals surface area contributed by atoms with Gasteiger partial charge < -0.3 is 0 Å². The molecule has 2 N–H and O–H groups in total. The fourth-order valence-corrected chi connectivity index (χ4v) is 2.25. The van der Waals surface area contributed by atoms with Gasteiger partial charge >= 0.3 is 0 Å². The van der Waals surface area contributed by atoms with Gasteiger partial charge in [-0.3, -0.25) is 15.6 Å². The number of hydrazine groups is 1. The Kier molecular flexibility index (Phi) is 4.24. The van der Waals surface area contributed by atoms with Crippen molar-refractivity contribution in [3.63, 3.8) is 0 Å². The van der Waals surface area contributed by atoms with Crippen molar-refractivity contribution < 1.29 is 9.18 Å². The fraction of sp³-hybridized carbons (Fsp3) is 0.118. The molecule has 0 aliphatic heterocycles. The van der Waals surface area contributed by atoms with Crippen molar-refractivity contribution >= 4 is 22.6 Å². The summed E-state index contributed by atoms with van der Waals surface area (Å²) in [6, 6.07) is 12.6. The monoisotopic (exact) mass is 325 g/mol. The van der Waals surface area contributed by atoms with Crippen molar-refractivity contribution in [1.82, 2.24) is 25.8 Å². The summed E-state index contributed by atoms with van der Waals surface area (Å²) < 4.78 is 14.5. The van der Waals surface area contributed by atoms with Crippen LogP contribution >= 0.6 is 0 Å². The lowest BCUT2D eigenvalue weighted by molar-refractivity contribution is -0.124. The number of halogens is 1. The molecule has 0 bridgehead atoms. The lowest BCUT2D eigenvalue weighted by Gasteiger charge is -2.15. The Morgan fingerprint density at radius 2 is 1.88 bits per heavy atom. The van der Waals surface area contributed by atoms with E-state index in [1.54, 1.807) is 23.7 Å². The minimum Gasteiger partial charge on any atom is -0.299 e. The first-order valence-corrected chi connectivity index (χ1v) is 7.37. The zero-order chi connectivity index (χ0) is 17.1. The minimum absolute atomic E-state index is 0.297. The third-order valence-corrected chi connectivity index (χ3v) is 3.65. The SMILES string of the molecule is C=C(NNC(=O)C(C)n1nnc2ccccc21)c1ccc(F)cc1. The standard InChI is InChI=1S/C17H16FN5O/c1-11(13-7-9-14(18)10-8-13)19-21-17(24)12(2)23-16-6-4-3-5-15(16)20-22-23/h3-10,12,19H,1H2,2H3,(H,21,24). The summed E-state index contributed by atoms with van der Waals surface area (Å²) in [5.74, 6) is -0.629. The van der Waals surface area contributed by atoms with E-state index in [2.05, 4.69) is 27.7 Å². The molecule has 0 radical (unpaired) electrons. The minimum atomic E-state index is -0.564. The van der Waals surface area contributed by atoms with Gasteiger partial charge in [0.15, 0.2) is 0 Å². The average Bonchev–Trinajstić information content (AvgIpc) is 3.03. The van der Waals surface area contributed by atoms with Gasteiger partial charge in [-0.25, -0.2) is 9.07 Å². The second-order valence-electron chi connectivity index (χ2n) is 5.30. The number of fused-ring (bicyclic) bond motifs is 1. The molecule has 0 aliphatic rings. The molecular formula is C17H16FN5O. The lowest BCUT2D eigenvalue weighted by Crippen LogP contribution is -2.40. The third-order valence-electron chi connectivity index (χ3n) is 3.65. The Morgan fingerprint density at radius 3 is 2.62 bits per heavy atom. The first-order chi connectivity index (χ1) is 11.6. The van der Waals surface area contributed by atoms with Crippen LogP contribution in [0.5, 0.6) is 0 Å². The van der Waals surface area contributed by atoms with Gasteiger partial charge in [0.2, 0.25) is 0 Å². The maximum absolute atomic E-state index is 12.9. The van der Waals surface area contributed by atoms with Crippen molar-refractivity contribution in [1.29, 1.82) is 0 Å². The molecule has 1 aromatic heterocycles. The molecule has 0 aliphatic carbocycles. The van der Waals surface area contributed by atoms with Crippen LogP contribution in [0.1, 0.15) is 18.5 Å². The van der Waals surface area contributed by atoms with Gasteiger partial charge in [0.25, 0.3) is 5.91 Å². The Bertz CT molecular complexity index is 887. The maximum Gasteiger partial charge on any atom is 0.262 e. The summed E-state index contributed by atoms with van der Waals surface area (Å²) in [5.41, 5.74) is 7.94. The number of carbonyl (C=O) groups is 1. The molecule has 0 saturated carbocycles. The largest absolute Gasteiger partial charge is 0.299 e. The van der Waals surface area contributed by atoms with Crippen molar-refractivity contribution in [3.8, 4) is 0 Å². The van der Waals surface area contributed by atoms with Crippen LogP contribution in [0.15, 0.2) is 55.1 Å². The Hall–Kier alpha value is -3.22. The van der Waals surface area contributed by atoms with Crippen LogP contribution in [-0.2, 0) is 4.79 Å². The number of aromatic nitrogens is 3. The number of nitrogens with zero attached hydrogens (tertiary/aromatic N) is 3. The van der Waals surface area contributed by atoms with Gasteiger partial charge in [0.05, 0.1) is 11.2 Å². The average molecular weight is 325 g/mol. The van der Waals surface area contributed by atoms with Crippen molar-refractivity contribution in [2.75, 3.05) is 0 Å². The Balaban J connectivity index is 1.66. The second kappa shape index (κ2) is 6.49. The van der Waals surface area contributed by atoms with Crippen molar-refractivity contribution in [3.05, 3.63) is 66.5 Å². The highest BCUT2D eigenvalue weighted by atomic mass is 19.1. The van der Waals surface area contributed by atoms with E-state index in [0.29, 0.717) is 11.3 Å². The molecule has 1 atom stereocenters. The van der Waals surface area contributed by atoms with Crippen molar-refractivity contribution in [2.45, 2.75) is 13.0 Å². The molecule has 2 aromatic carbocycles. The predicted molar refractivity (Wildman–Crippen MR) is 89.0 cm³/mol. The van der Waals surface area contributed by atoms with Crippen LogP contribution in [0, 0.1) is 5.82 Å². The number of para-hydroxylation sites is 1. The smallest absolute Gasteiger partial charge is 0.262 e. The van der Waals surface area contributed by atoms with Gasteiger partial charge in [-0.15, -0.1) is 5.10 Å². The first kappa shape index (κ1) is 15.7. The molecule has 1 heterocycles. The molecule has 3 aromatic rings. The third kappa shape index (κ3) is 3.10. The van der Waals surface area contributed by atoms with Crippen LogP contribution < -0.4 is 10.9 Å². The van der Waals surface area contributed by atoms with Crippen LogP contribution in [0.25, 0.3) is 16.7 Å². The van der Waals surface area contributed by atoms with E-state index in [-0.39, 0.29) is 11.7 Å². The van der Waals surface area contributed by atoms with Crippen LogP contribution in [-0.4, -0.2) is 20.9 Å². The van der Waals surface area contributed by atoms with E-state index in [1.165, 1.54) is 12.1 Å². The number of hydrogen-bond donors (Lipinski definition) is 2. The van der Waals surface area contributed by atoms with E-state index in [1.807, 2.05) is 24.3 Å². The summed E-state index contributed by atoms with van der Waals surface area (Å²) in [5, 5.41) is 8.06. The molecule has 3 rings (SSSR count). The number of nitrogens with one attached hydrogen (secondary N) is 2. The van der Waals surface area contributed by atoms with Gasteiger partial charge in [-0.1, -0.05) is 23.9 Å². The fourth-order valence-electron chi connectivity index (χ4n) is 2.25. The summed E-state index contributed by atoms with van der Waals surface area (Å²) in [6.45, 7) is 5.54. The molecule has 1 amide bonds. The van der Waals surface area contributed by atoms with Crippen LogP contribution in [0.2, 0.25) is 0 Å². The number of carbonyl (C=O) groups excluding carboxylic acids is 1. The van der Waals surface area contributed by atoms with Gasteiger partial charge in [-0.2, -0.15) is 0 Å². The summed E-state index contributed by atoms with van der Waals surface area (Å²) in [7, 11) is 0. The number of amides is 1. The normalized spacial score (nSPS) is 11.9. The molecule has 6 nitrogen and oxygen atoms in total. The zero-order valence-electron chi connectivity index (χ0n) is 13.0. The Morgan fingerprint density at radius 1 is 1.17 bits per heavy atom. The van der Waals surface area contributed by atoms with E-state index in [9.17, 15) is 9.18 Å². The molecule has 122 valence electrons. The van der Waals surface area contributed by atoms with E-state index < -0.39 is 6.04 Å².